The van der Waals surface area contributed by atoms with Crippen LogP contribution in [0.2, 0.25) is 0 Å². The zero-order valence-electron chi connectivity index (χ0n) is 11.1. The second-order valence-electron chi connectivity index (χ2n) is 4.84. The Morgan fingerprint density at radius 1 is 1.50 bits per heavy atom. The molecule has 1 aliphatic heterocycles. The van der Waals surface area contributed by atoms with E-state index < -0.39 is 0 Å². The predicted molar refractivity (Wildman–Crippen MR) is 73.0 cm³/mol. The highest BCUT2D eigenvalue weighted by Gasteiger charge is 2.18. The third-order valence-electron chi connectivity index (χ3n) is 3.50. The third kappa shape index (κ3) is 2.18. The van der Waals surface area contributed by atoms with Gasteiger partial charge in [-0.05, 0) is 30.2 Å². The van der Waals surface area contributed by atoms with Crippen molar-refractivity contribution in [1.82, 2.24) is 14.9 Å². The number of carbonyl (C=O) groups is 1. The maximum atomic E-state index is 14.4. The van der Waals surface area contributed by atoms with Gasteiger partial charge in [-0.25, -0.2) is 9.37 Å². The average Bonchev–Trinajstić information content (AvgIpc) is 2.88. The van der Waals surface area contributed by atoms with Gasteiger partial charge in [-0.1, -0.05) is 6.07 Å². The van der Waals surface area contributed by atoms with Gasteiger partial charge in [-0.2, -0.15) is 0 Å². The molecule has 2 aromatic rings. The number of anilines is 1. The van der Waals surface area contributed by atoms with E-state index in [-0.39, 0.29) is 17.4 Å². The summed E-state index contributed by atoms with van der Waals surface area (Å²) in [6, 6.07) is 3.46. The largest absolute Gasteiger partial charge is 0.330 e. The first kappa shape index (κ1) is 12.8. The Kier molecular flexibility index (Phi) is 3.23. The first-order valence-electron chi connectivity index (χ1n) is 6.45. The first-order valence-corrected chi connectivity index (χ1v) is 6.45. The van der Waals surface area contributed by atoms with E-state index in [2.05, 4.69) is 15.6 Å². The van der Waals surface area contributed by atoms with Crippen LogP contribution < -0.4 is 10.6 Å². The molecule has 0 bridgehead atoms. The minimum atomic E-state index is -0.363. The zero-order valence-corrected chi connectivity index (χ0v) is 11.1. The van der Waals surface area contributed by atoms with Gasteiger partial charge in [0.2, 0.25) is 0 Å². The fourth-order valence-corrected chi connectivity index (χ4v) is 2.39. The molecule has 1 aromatic heterocycles. The second-order valence-corrected chi connectivity index (χ2v) is 4.84. The monoisotopic (exact) mass is 274 g/mol. The number of amides is 1. The average molecular weight is 274 g/mol. The fraction of sp³-hybridized carbons (Fsp3) is 0.286. The molecule has 3 rings (SSSR count). The summed E-state index contributed by atoms with van der Waals surface area (Å²) in [6.07, 6.45) is 3.62. The Morgan fingerprint density at radius 3 is 3.10 bits per heavy atom. The number of imidazole rings is 1. The molecule has 0 aliphatic carbocycles. The molecule has 6 heteroatoms. The number of nitrogens with one attached hydrogen (secondary N) is 2. The lowest BCUT2D eigenvalue weighted by molar-refractivity contribution is 0.101. The third-order valence-corrected chi connectivity index (χ3v) is 3.50. The summed E-state index contributed by atoms with van der Waals surface area (Å²) in [4.78, 5) is 15.9. The van der Waals surface area contributed by atoms with Crippen molar-refractivity contribution < 1.29 is 9.18 Å². The van der Waals surface area contributed by atoms with E-state index in [0.29, 0.717) is 24.2 Å². The lowest BCUT2D eigenvalue weighted by Gasteiger charge is -2.19. The van der Waals surface area contributed by atoms with Gasteiger partial charge in [0.1, 0.15) is 11.5 Å². The molecule has 0 radical (unpaired) electrons. The van der Waals surface area contributed by atoms with Crippen LogP contribution in [0.3, 0.4) is 0 Å². The maximum absolute atomic E-state index is 14.4. The van der Waals surface area contributed by atoms with Gasteiger partial charge in [-0.3, -0.25) is 4.79 Å². The molecule has 0 fully saturated rings. The standard InChI is InChI=1S/C14H15FN4O/c1-19-8-17-7-12(19)14(20)18-11-3-2-9-6-16-5-4-10(9)13(11)15/h2-3,7-8,16H,4-6H2,1H3,(H,18,20). The highest BCUT2D eigenvalue weighted by molar-refractivity contribution is 6.03. The van der Waals surface area contributed by atoms with Crippen molar-refractivity contribution in [3.05, 3.63) is 47.3 Å². The van der Waals surface area contributed by atoms with Crippen molar-refractivity contribution in [2.24, 2.45) is 7.05 Å². The number of carbonyl (C=O) groups excluding carboxylic acids is 1. The molecule has 0 unspecified atom stereocenters. The van der Waals surface area contributed by atoms with Crippen LogP contribution in [-0.2, 0) is 20.0 Å². The van der Waals surface area contributed by atoms with Crippen molar-refractivity contribution in [2.75, 3.05) is 11.9 Å². The van der Waals surface area contributed by atoms with E-state index in [1.807, 2.05) is 6.07 Å². The Balaban J connectivity index is 1.88. The van der Waals surface area contributed by atoms with E-state index in [4.69, 9.17) is 0 Å². The summed E-state index contributed by atoms with van der Waals surface area (Å²) in [5, 5.41) is 5.80. The SMILES string of the molecule is Cn1cncc1C(=O)Nc1ccc2c(c1F)CCNC2. The highest BCUT2D eigenvalue weighted by atomic mass is 19.1. The Morgan fingerprint density at radius 2 is 2.35 bits per heavy atom. The molecular weight excluding hydrogens is 259 g/mol. The van der Waals surface area contributed by atoms with Gasteiger partial charge in [0.05, 0.1) is 18.2 Å². The molecule has 1 aliphatic rings. The van der Waals surface area contributed by atoms with Crippen molar-refractivity contribution >= 4 is 11.6 Å². The molecule has 5 nitrogen and oxygen atoms in total. The maximum Gasteiger partial charge on any atom is 0.274 e. The zero-order chi connectivity index (χ0) is 14.1. The number of hydrogen-bond donors (Lipinski definition) is 2. The number of halogens is 1. The molecule has 0 saturated heterocycles. The van der Waals surface area contributed by atoms with Gasteiger partial charge >= 0.3 is 0 Å². The molecular formula is C14H15FN4O. The minimum Gasteiger partial charge on any atom is -0.330 e. The van der Waals surface area contributed by atoms with Gasteiger partial charge in [-0.15, -0.1) is 0 Å². The lowest BCUT2D eigenvalue weighted by atomic mass is 9.99. The van der Waals surface area contributed by atoms with Crippen molar-refractivity contribution in [3.63, 3.8) is 0 Å². The van der Waals surface area contributed by atoms with E-state index in [9.17, 15) is 9.18 Å². The summed E-state index contributed by atoms with van der Waals surface area (Å²) < 4.78 is 16.0. The number of benzene rings is 1. The highest BCUT2D eigenvalue weighted by Crippen LogP contribution is 2.24. The molecule has 20 heavy (non-hydrogen) atoms. The van der Waals surface area contributed by atoms with Gasteiger partial charge < -0.3 is 15.2 Å². The smallest absolute Gasteiger partial charge is 0.274 e. The number of nitrogens with zero attached hydrogens (tertiary/aromatic N) is 2. The lowest BCUT2D eigenvalue weighted by Crippen LogP contribution is -2.25. The van der Waals surface area contributed by atoms with Crippen LogP contribution in [0.15, 0.2) is 24.7 Å². The van der Waals surface area contributed by atoms with Gasteiger partial charge in [0.15, 0.2) is 0 Å². The number of rotatable bonds is 2. The topological polar surface area (TPSA) is 59.0 Å². The molecule has 2 heterocycles. The number of fused-ring (bicyclic) bond motifs is 1. The molecule has 0 atom stereocenters. The Bertz CT molecular complexity index is 665. The van der Waals surface area contributed by atoms with Crippen LogP contribution in [0.4, 0.5) is 10.1 Å². The minimum absolute atomic E-state index is 0.219. The summed E-state index contributed by atoms with van der Waals surface area (Å²) in [5.41, 5.74) is 2.25. The number of hydrogen-bond acceptors (Lipinski definition) is 3. The van der Waals surface area contributed by atoms with Crippen LogP contribution >= 0.6 is 0 Å². The molecule has 2 N–H and O–H groups in total. The fourth-order valence-electron chi connectivity index (χ4n) is 2.39. The summed E-state index contributed by atoms with van der Waals surface area (Å²) in [5.74, 6) is -0.697. The number of aryl methyl sites for hydroxylation is 1. The second kappa shape index (κ2) is 5.05. The van der Waals surface area contributed by atoms with E-state index >= 15 is 0 Å². The van der Waals surface area contributed by atoms with Crippen LogP contribution in [0.25, 0.3) is 0 Å². The van der Waals surface area contributed by atoms with E-state index in [1.165, 1.54) is 12.5 Å². The Hall–Kier alpha value is -2.21. The predicted octanol–water partition coefficient (Wildman–Crippen LogP) is 1.46. The quantitative estimate of drug-likeness (QED) is 0.871. The Labute approximate surface area is 115 Å². The van der Waals surface area contributed by atoms with Crippen LogP contribution in [0.1, 0.15) is 21.6 Å². The van der Waals surface area contributed by atoms with E-state index in [0.717, 1.165) is 12.1 Å². The summed E-state index contributed by atoms with van der Waals surface area (Å²) in [7, 11) is 1.72. The molecule has 1 amide bonds. The molecule has 1 aromatic carbocycles. The van der Waals surface area contributed by atoms with Crippen LogP contribution in [-0.4, -0.2) is 22.0 Å². The van der Waals surface area contributed by atoms with Gasteiger partial charge in [0.25, 0.3) is 5.91 Å². The normalized spacial score (nSPS) is 13.9. The van der Waals surface area contributed by atoms with E-state index in [1.54, 1.807) is 17.7 Å². The van der Waals surface area contributed by atoms with Crippen molar-refractivity contribution in [3.8, 4) is 0 Å². The first-order chi connectivity index (χ1) is 9.66. The molecule has 0 saturated carbocycles. The van der Waals surface area contributed by atoms with Crippen LogP contribution in [0, 0.1) is 5.82 Å². The van der Waals surface area contributed by atoms with Gasteiger partial charge in [0, 0.05) is 13.6 Å². The van der Waals surface area contributed by atoms with Crippen molar-refractivity contribution in [1.29, 1.82) is 0 Å². The summed E-state index contributed by atoms with van der Waals surface area (Å²) in [6.45, 7) is 1.42. The van der Waals surface area contributed by atoms with Crippen LogP contribution in [0.5, 0.6) is 0 Å². The molecule has 0 spiro atoms. The van der Waals surface area contributed by atoms with Crippen molar-refractivity contribution in [2.45, 2.75) is 13.0 Å². The number of aromatic nitrogens is 2. The summed E-state index contributed by atoms with van der Waals surface area (Å²) >= 11 is 0. The molecule has 104 valence electrons.